The van der Waals surface area contributed by atoms with E-state index in [0.29, 0.717) is 6.54 Å². The minimum Gasteiger partial charge on any atom is -0.395 e. The van der Waals surface area contributed by atoms with Gasteiger partial charge in [0, 0.05) is 18.5 Å². The van der Waals surface area contributed by atoms with Crippen molar-refractivity contribution in [3.05, 3.63) is 12.4 Å². The Balaban J connectivity index is 2.79. The van der Waals surface area contributed by atoms with Gasteiger partial charge in [0.05, 0.1) is 19.3 Å². The van der Waals surface area contributed by atoms with E-state index in [-0.39, 0.29) is 11.5 Å². The highest BCUT2D eigenvalue weighted by Crippen LogP contribution is 2.06. The molecule has 1 aromatic rings. The summed E-state index contributed by atoms with van der Waals surface area (Å²) in [4.78, 5) is 0.155. The molecule has 1 rings (SSSR count). The van der Waals surface area contributed by atoms with Crippen LogP contribution in [0.3, 0.4) is 0 Å². The molecule has 14 heavy (non-hydrogen) atoms. The lowest BCUT2D eigenvalue weighted by atomic mass is 10.3. The summed E-state index contributed by atoms with van der Waals surface area (Å²) >= 11 is 0. The Hall–Kier alpha value is -0.920. The van der Waals surface area contributed by atoms with Crippen LogP contribution in [-0.2, 0) is 16.4 Å². The topological polar surface area (TPSA) is 98.2 Å². The maximum atomic E-state index is 11.1. The highest BCUT2D eigenvalue weighted by molar-refractivity contribution is 7.90. The molecule has 1 heterocycles. The molecular weight excluding hydrogens is 206 g/mol. The summed E-state index contributed by atoms with van der Waals surface area (Å²) in [5.41, 5.74) is 5.46. The predicted molar refractivity (Wildman–Crippen MR) is 50.4 cm³/mol. The average Bonchev–Trinajstić information content (AvgIpc) is 2.51. The fourth-order valence-corrected chi connectivity index (χ4v) is 1.49. The van der Waals surface area contributed by atoms with Gasteiger partial charge in [-0.15, -0.1) is 0 Å². The SMILES string of the molecule is CS(=O)(=O)c1cnn(CC(N)CO)c1. The maximum absolute atomic E-state index is 11.1. The van der Waals surface area contributed by atoms with Gasteiger partial charge in [0.2, 0.25) is 0 Å². The lowest BCUT2D eigenvalue weighted by molar-refractivity contribution is 0.250. The molecule has 0 aromatic carbocycles. The van der Waals surface area contributed by atoms with Gasteiger partial charge >= 0.3 is 0 Å². The van der Waals surface area contributed by atoms with Crippen LogP contribution < -0.4 is 5.73 Å². The van der Waals surface area contributed by atoms with Gasteiger partial charge in [-0.2, -0.15) is 5.10 Å². The van der Waals surface area contributed by atoms with E-state index in [1.54, 1.807) is 0 Å². The zero-order chi connectivity index (χ0) is 10.8. The predicted octanol–water partition coefficient (Wildman–Crippen LogP) is -1.39. The second-order valence-corrected chi connectivity index (χ2v) is 5.13. The van der Waals surface area contributed by atoms with Crippen molar-refractivity contribution in [2.45, 2.75) is 17.5 Å². The Morgan fingerprint density at radius 3 is 2.79 bits per heavy atom. The van der Waals surface area contributed by atoms with Gasteiger partial charge in [-0.05, 0) is 0 Å². The van der Waals surface area contributed by atoms with E-state index in [2.05, 4.69) is 5.10 Å². The van der Waals surface area contributed by atoms with E-state index in [4.69, 9.17) is 10.8 Å². The van der Waals surface area contributed by atoms with E-state index in [1.807, 2.05) is 0 Å². The maximum Gasteiger partial charge on any atom is 0.178 e. The molecule has 0 aliphatic carbocycles. The van der Waals surface area contributed by atoms with Crippen LogP contribution in [0.25, 0.3) is 0 Å². The van der Waals surface area contributed by atoms with Gasteiger partial charge in [0.1, 0.15) is 4.90 Å². The molecule has 0 fully saturated rings. The number of nitrogens with two attached hydrogens (primary N) is 1. The molecule has 1 unspecified atom stereocenters. The first-order chi connectivity index (χ1) is 6.43. The van der Waals surface area contributed by atoms with Crippen molar-refractivity contribution in [1.29, 1.82) is 0 Å². The quantitative estimate of drug-likeness (QED) is 0.649. The average molecular weight is 219 g/mol. The lowest BCUT2D eigenvalue weighted by Gasteiger charge is -2.06. The molecule has 0 radical (unpaired) electrons. The minimum atomic E-state index is -3.21. The largest absolute Gasteiger partial charge is 0.395 e. The van der Waals surface area contributed by atoms with Crippen LogP contribution in [0, 0.1) is 0 Å². The lowest BCUT2D eigenvalue weighted by Crippen LogP contribution is -2.29. The molecule has 1 aromatic heterocycles. The summed E-state index contributed by atoms with van der Waals surface area (Å²) in [6, 6.07) is -0.428. The summed E-state index contributed by atoms with van der Waals surface area (Å²) in [5, 5.41) is 12.5. The highest BCUT2D eigenvalue weighted by atomic mass is 32.2. The van der Waals surface area contributed by atoms with Gasteiger partial charge in [0.15, 0.2) is 9.84 Å². The third-order valence-corrected chi connectivity index (χ3v) is 2.76. The van der Waals surface area contributed by atoms with Gasteiger partial charge in [-0.3, -0.25) is 4.68 Å². The summed E-state index contributed by atoms with van der Waals surface area (Å²) in [6.07, 6.45) is 3.77. The van der Waals surface area contributed by atoms with E-state index in [0.717, 1.165) is 6.26 Å². The van der Waals surface area contributed by atoms with Gasteiger partial charge in [-0.25, -0.2) is 8.42 Å². The van der Waals surface area contributed by atoms with E-state index < -0.39 is 15.9 Å². The Morgan fingerprint density at radius 1 is 1.71 bits per heavy atom. The van der Waals surface area contributed by atoms with E-state index in [1.165, 1.54) is 17.1 Å². The van der Waals surface area contributed by atoms with Crippen molar-refractivity contribution in [2.24, 2.45) is 5.73 Å². The number of sulfone groups is 1. The minimum absolute atomic E-state index is 0.155. The molecule has 1 atom stereocenters. The number of nitrogens with zero attached hydrogens (tertiary/aromatic N) is 2. The van der Waals surface area contributed by atoms with Crippen molar-refractivity contribution in [3.8, 4) is 0 Å². The molecule has 0 spiro atoms. The van der Waals surface area contributed by atoms with Crippen molar-refractivity contribution in [3.63, 3.8) is 0 Å². The molecule has 6 nitrogen and oxygen atoms in total. The molecule has 0 amide bonds. The van der Waals surface area contributed by atoms with E-state index >= 15 is 0 Å². The Bertz CT molecular complexity index is 398. The number of aliphatic hydroxyl groups excluding tert-OH is 1. The molecule has 3 N–H and O–H groups in total. The highest BCUT2D eigenvalue weighted by Gasteiger charge is 2.10. The molecule has 0 aliphatic heterocycles. The second kappa shape index (κ2) is 4.07. The Labute approximate surface area is 82.3 Å². The monoisotopic (exact) mass is 219 g/mol. The van der Waals surface area contributed by atoms with Crippen LogP contribution in [0.1, 0.15) is 0 Å². The van der Waals surface area contributed by atoms with Crippen molar-refractivity contribution in [2.75, 3.05) is 12.9 Å². The van der Waals surface area contributed by atoms with Crippen LogP contribution >= 0.6 is 0 Å². The molecule has 80 valence electrons. The summed E-state index contributed by atoms with van der Waals surface area (Å²) in [6.45, 7) is 0.139. The zero-order valence-corrected chi connectivity index (χ0v) is 8.61. The van der Waals surface area contributed by atoms with Crippen molar-refractivity contribution < 1.29 is 13.5 Å². The van der Waals surface area contributed by atoms with Crippen LogP contribution in [0.4, 0.5) is 0 Å². The summed E-state index contributed by atoms with van der Waals surface area (Å²) in [7, 11) is -3.21. The number of rotatable bonds is 4. The molecule has 0 saturated carbocycles. The van der Waals surface area contributed by atoms with Gasteiger partial charge in [-0.1, -0.05) is 0 Å². The van der Waals surface area contributed by atoms with Crippen LogP contribution in [-0.4, -0.2) is 42.2 Å². The number of hydrogen-bond acceptors (Lipinski definition) is 5. The first kappa shape index (κ1) is 11.2. The third-order valence-electron chi connectivity index (χ3n) is 1.69. The first-order valence-electron chi connectivity index (χ1n) is 4.02. The fourth-order valence-electron chi connectivity index (χ4n) is 0.934. The first-order valence-corrected chi connectivity index (χ1v) is 5.91. The summed E-state index contributed by atoms with van der Waals surface area (Å²) in [5.74, 6) is 0. The molecule has 0 bridgehead atoms. The normalized spacial score (nSPS) is 14.2. The Morgan fingerprint density at radius 2 is 2.36 bits per heavy atom. The van der Waals surface area contributed by atoms with Crippen LogP contribution in [0.5, 0.6) is 0 Å². The van der Waals surface area contributed by atoms with Crippen molar-refractivity contribution in [1.82, 2.24) is 9.78 Å². The smallest absolute Gasteiger partial charge is 0.178 e. The van der Waals surface area contributed by atoms with Crippen LogP contribution in [0.15, 0.2) is 17.3 Å². The Kier molecular flexibility index (Phi) is 3.25. The molecule has 0 saturated heterocycles. The van der Waals surface area contributed by atoms with Gasteiger partial charge in [0.25, 0.3) is 0 Å². The zero-order valence-electron chi connectivity index (χ0n) is 7.79. The molecule has 0 aliphatic rings. The number of aromatic nitrogens is 2. The second-order valence-electron chi connectivity index (χ2n) is 3.11. The van der Waals surface area contributed by atoms with Gasteiger partial charge < -0.3 is 10.8 Å². The van der Waals surface area contributed by atoms with Crippen molar-refractivity contribution >= 4 is 9.84 Å². The standard InChI is InChI=1S/C7H13N3O3S/c1-14(12,13)7-2-9-10(4-7)3-6(8)5-11/h2,4,6,11H,3,5,8H2,1H3. The molecule has 7 heteroatoms. The molecular formula is C7H13N3O3S. The number of hydrogen-bond donors (Lipinski definition) is 2. The van der Waals surface area contributed by atoms with E-state index in [9.17, 15) is 8.42 Å². The summed E-state index contributed by atoms with van der Waals surface area (Å²) < 4.78 is 23.5. The fraction of sp³-hybridized carbons (Fsp3) is 0.571. The van der Waals surface area contributed by atoms with Crippen LogP contribution in [0.2, 0.25) is 0 Å². The number of aliphatic hydroxyl groups is 1. The third kappa shape index (κ3) is 2.79.